The normalized spacial score (nSPS) is 20.7. The van der Waals surface area contributed by atoms with Gasteiger partial charge in [0.15, 0.2) is 0 Å². The number of carbonyl (C=O) groups is 4. The number of fused-ring (bicyclic) bond motifs is 1. The number of hydrogen-bond acceptors (Lipinski definition) is 8. The van der Waals surface area contributed by atoms with E-state index in [1.807, 2.05) is 6.92 Å². The van der Waals surface area contributed by atoms with Crippen LogP contribution in [0.15, 0.2) is 24.4 Å². The zero-order valence-electron chi connectivity index (χ0n) is 24.4. The molecule has 2 heterocycles. The summed E-state index contributed by atoms with van der Waals surface area (Å²) in [6.45, 7) is 12.4. The maximum atomic E-state index is 13.4. The van der Waals surface area contributed by atoms with Gasteiger partial charge in [-0.2, -0.15) is 5.26 Å². The van der Waals surface area contributed by atoms with Crippen LogP contribution >= 0.6 is 0 Å². The summed E-state index contributed by atoms with van der Waals surface area (Å²) in [5, 5.41) is 15.7. The van der Waals surface area contributed by atoms with E-state index in [1.54, 1.807) is 64.6 Å². The molecular weight excluding hydrogens is 528 g/mol. The van der Waals surface area contributed by atoms with Crippen LogP contribution in [0.5, 0.6) is 0 Å². The SMILES string of the molecule is CC1CN(C(=O)OC(C)(C)C)CC(=O)N1c1cc(NC(=O)OC(C)(C)C)c2cnc(NC(=O)[C@H]3C[C@@H]3C#N)cc2c1. The van der Waals surface area contributed by atoms with Gasteiger partial charge in [-0.25, -0.2) is 14.6 Å². The van der Waals surface area contributed by atoms with Crippen LogP contribution in [0.3, 0.4) is 0 Å². The number of pyridine rings is 1. The van der Waals surface area contributed by atoms with Crippen molar-refractivity contribution in [1.82, 2.24) is 9.88 Å². The predicted octanol–water partition coefficient (Wildman–Crippen LogP) is 4.65. The summed E-state index contributed by atoms with van der Waals surface area (Å²) in [5.41, 5.74) is -0.588. The second-order valence-electron chi connectivity index (χ2n) is 12.5. The van der Waals surface area contributed by atoms with Crippen LogP contribution in [0.25, 0.3) is 10.8 Å². The molecule has 2 fully saturated rings. The number of rotatable bonds is 4. The summed E-state index contributed by atoms with van der Waals surface area (Å²) in [7, 11) is 0. The molecule has 1 saturated carbocycles. The van der Waals surface area contributed by atoms with Crippen molar-refractivity contribution >= 4 is 52.0 Å². The zero-order valence-corrected chi connectivity index (χ0v) is 24.4. The minimum Gasteiger partial charge on any atom is -0.444 e. The third-order valence-corrected chi connectivity index (χ3v) is 6.45. The van der Waals surface area contributed by atoms with E-state index in [0.717, 1.165) is 0 Å². The lowest BCUT2D eigenvalue weighted by atomic mass is 10.1. The Kier molecular flexibility index (Phi) is 7.85. The highest BCUT2D eigenvalue weighted by atomic mass is 16.6. The van der Waals surface area contributed by atoms with Crippen LogP contribution in [0.1, 0.15) is 54.9 Å². The van der Waals surface area contributed by atoms with Crippen LogP contribution in [0, 0.1) is 23.2 Å². The molecule has 1 unspecified atom stereocenters. The highest BCUT2D eigenvalue weighted by Crippen LogP contribution is 2.39. The molecule has 1 aromatic heterocycles. The van der Waals surface area contributed by atoms with Gasteiger partial charge >= 0.3 is 12.2 Å². The highest BCUT2D eigenvalue weighted by Gasteiger charge is 2.43. The first-order valence-corrected chi connectivity index (χ1v) is 13.5. The molecule has 1 aliphatic carbocycles. The van der Waals surface area contributed by atoms with E-state index in [1.165, 1.54) is 11.1 Å². The number of nitriles is 1. The monoisotopic (exact) mass is 564 g/mol. The standard InChI is InChI=1S/C29H36N6O6/c1-16-14-34(27(39)41-29(5,6)7)15-24(36)35(16)19-8-17-10-23(33-25(37)20-9-18(20)12-30)31-13-21(17)22(11-19)32-26(38)40-28(2,3)4/h8,10-11,13,16,18,20H,9,14-15H2,1-7H3,(H,32,38)(H,31,33,37)/t16?,18-,20+/m1/s1. The Morgan fingerprint density at radius 1 is 1.05 bits per heavy atom. The summed E-state index contributed by atoms with van der Waals surface area (Å²) in [6, 6.07) is 6.76. The van der Waals surface area contributed by atoms with E-state index in [4.69, 9.17) is 14.7 Å². The number of ether oxygens (including phenoxy) is 2. The van der Waals surface area contributed by atoms with Crippen molar-refractivity contribution in [3.63, 3.8) is 0 Å². The number of aromatic nitrogens is 1. The van der Waals surface area contributed by atoms with Gasteiger partial charge in [-0.1, -0.05) is 0 Å². The molecule has 3 atom stereocenters. The van der Waals surface area contributed by atoms with Crippen molar-refractivity contribution in [2.24, 2.45) is 11.8 Å². The minimum absolute atomic E-state index is 0.175. The van der Waals surface area contributed by atoms with Gasteiger partial charge in [-0.05, 0) is 78.5 Å². The Bertz CT molecular complexity index is 1440. The summed E-state index contributed by atoms with van der Waals surface area (Å²) >= 11 is 0. The van der Waals surface area contributed by atoms with Crippen molar-refractivity contribution in [1.29, 1.82) is 5.26 Å². The van der Waals surface area contributed by atoms with Gasteiger partial charge < -0.3 is 19.7 Å². The average molecular weight is 565 g/mol. The summed E-state index contributed by atoms with van der Waals surface area (Å²) in [4.78, 5) is 58.5. The summed E-state index contributed by atoms with van der Waals surface area (Å²) < 4.78 is 10.9. The number of amides is 4. The number of carbonyl (C=O) groups excluding carboxylic acids is 4. The predicted molar refractivity (Wildman–Crippen MR) is 152 cm³/mol. The van der Waals surface area contributed by atoms with Gasteiger partial charge in [0.2, 0.25) is 11.8 Å². The van der Waals surface area contributed by atoms with Gasteiger partial charge in [0.25, 0.3) is 0 Å². The van der Waals surface area contributed by atoms with Crippen LogP contribution in [-0.4, -0.2) is 64.2 Å². The molecule has 0 spiro atoms. The Balaban J connectivity index is 1.66. The van der Waals surface area contributed by atoms with Crippen molar-refractivity contribution in [2.45, 2.75) is 72.1 Å². The second kappa shape index (κ2) is 10.9. The molecule has 218 valence electrons. The Morgan fingerprint density at radius 3 is 2.32 bits per heavy atom. The molecule has 1 aromatic carbocycles. The lowest BCUT2D eigenvalue weighted by molar-refractivity contribution is -0.122. The van der Waals surface area contributed by atoms with Gasteiger partial charge in [-0.15, -0.1) is 0 Å². The molecule has 41 heavy (non-hydrogen) atoms. The van der Waals surface area contributed by atoms with Crippen LogP contribution < -0.4 is 15.5 Å². The molecule has 0 radical (unpaired) electrons. The molecule has 2 aliphatic rings. The Morgan fingerprint density at radius 2 is 1.73 bits per heavy atom. The molecule has 12 heteroatoms. The fourth-order valence-corrected chi connectivity index (χ4v) is 4.63. The first kappa shape index (κ1) is 29.6. The molecule has 0 bridgehead atoms. The van der Waals surface area contributed by atoms with E-state index in [0.29, 0.717) is 28.6 Å². The van der Waals surface area contributed by atoms with Crippen molar-refractivity contribution < 1.29 is 28.7 Å². The van der Waals surface area contributed by atoms with Crippen molar-refractivity contribution in [2.75, 3.05) is 28.6 Å². The third-order valence-electron chi connectivity index (χ3n) is 6.45. The van der Waals surface area contributed by atoms with Gasteiger partial charge in [0.1, 0.15) is 23.6 Å². The molecule has 4 amide bonds. The highest BCUT2D eigenvalue weighted by molar-refractivity contribution is 6.07. The number of nitrogens with one attached hydrogen (secondary N) is 2. The number of piperazine rings is 1. The summed E-state index contributed by atoms with van der Waals surface area (Å²) in [5.74, 6) is -0.989. The average Bonchev–Trinajstić information content (AvgIpc) is 3.61. The van der Waals surface area contributed by atoms with E-state index in [9.17, 15) is 19.2 Å². The van der Waals surface area contributed by atoms with E-state index >= 15 is 0 Å². The minimum atomic E-state index is -0.736. The van der Waals surface area contributed by atoms with Gasteiger partial charge in [-0.3, -0.25) is 19.8 Å². The fourth-order valence-electron chi connectivity index (χ4n) is 4.63. The van der Waals surface area contributed by atoms with Crippen LogP contribution in [0.2, 0.25) is 0 Å². The van der Waals surface area contributed by atoms with Gasteiger partial charge in [0.05, 0.1) is 29.6 Å². The third kappa shape index (κ3) is 7.22. The topological polar surface area (TPSA) is 154 Å². The smallest absolute Gasteiger partial charge is 0.412 e. The number of benzene rings is 1. The van der Waals surface area contributed by atoms with Crippen molar-refractivity contribution in [3.8, 4) is 6.07 Å². The van der Waals surface area contributed by atoms with Crippen LogP contribution in [0.4, 0.5) is 26.8 Å². The largest absolute Gasteiger partial charge is 0.444 e. The maximum Gasteiger partial charge on any atom is 0.412 e. The number of hydrogen-bond donors (Lipinski definition) is 2. The zero-order chi connectivity index (χ0) is 30.3. The second-order valence-corrected chi connectivity index (χ2v) is 12.5. The molecular formula is C29H36N6O6. The Hall–Kier alpha value is -4.40. The maximum absolute atomic E-state index is 13.4. The van der Waals surface area contributed by atoms with E-state index in [2.05, 4.69) is 21.7 Å². The molecule has 1 saturated heterocycles. The lowest BCUT2D eigenvalue weighted by Gasteiger charge is -2.40. The molecule has 12 nitrogen and oxygen atoms in total. The lowest BCUT2D eigenvalue weighted by Crippen LogP contribution is -2.57. The molecule has 1 aliphatic heterocycles. The number of nitrogens with zero attached hydrogens (tertiary/aromatic N) is 4. The van der Waals surface area contributed by atoms with E-state index in [-0.39, 0.29) is 42.6 Å². The van der Waals surface area contributed by atoms with Crippen LogP contribution in [-0.2, 0) is 19.1 Å². The fraction of sp³-hybridized carbons (Fsp3) is 0.517. The first-order chi connectivity index (χ1) is 19.0. The molecule has 2 N–H and O–H groups in total. The van der Waals surface area contributed by atoms with Crippen molar-refractivity contribution in [3.05, 3.63) is 24.4 Å². The number of anilines is 3. The molecule has 2 aromatic rings. The first-order valence-electron chi connectivity index (χ1n) is 13.5. The van der Waals surface area contributed by atoms with E-state index < -0.39 is 29.4 Å². The quantitative estimate of drug-likeness (QED) is 0.544. The van der Waals surface area contributed by atoms with Gasteiger partial charge in [0, 0.05) is 23.8 Å². The summed E-state index contributed by atoms with van der Waals surface area (Å²) in [6.07, 6.45) is 0.781. The Labute approximate surface area is 239 Å². The molecule has 4 rings (SSSR count).